The molecule has 5 nitrogen and oxygen atoms in total. The molecule has 0 saturated heterocycles. The van der Waals surface area contributed by atoms with E-state index in [2.05, 4.69) is 5.32 Å². The molecule has 1 fully saturated rings. The Kier molecular flexibility index (Phi) is 5.33. The minimum Gasteiger partial charge on any atom is -0.393 e. The maximum Gasteiger partial charge on any atom is 0.251 e. The first-order chi connectivity index (χ1) is 10.1. The van der Waals surface area contributed by atoms with Gasteiger partial charge in [0.05, 0.1) is 12.6 Å². The Bertz CT molecular complexity index is 490. The zero-order valence-electron chi connectivity index (χ0n) is 12.3. The molecular weight excluding hydrogens is 268 g/mol. The summed E-state index contributed by atoms with van der Waals surface area (Å²) in [5, 5.41) is 12.4. The third kappa shape index (κ3) is 4.29. The summed E-state index contributed by atoms with van der Waals surface area (Å²) in [7, 11) is 1.71. The van der Waals surface area contributed by atoms with Crippen LogP contribution in [0.15, 0.2) is 30.3 Å². The monoisotopic (exact) mass is 290 g/mol. The fourth-order valence-electron chi connectivity index (χ4n) is 2.67. The van der Waals surface area contributed by atoms with E-state index in [0.29, 0.717) is 12.1 Å². The number of aliphatic hydroxyl groups excluding tert-OH is 1. The van der Waals surface area contributed by atoms with Crippen LogP contribution < -0.4 is 5.32 Å². The molecule has 5 heteroatoms. The zero-order chi connectivity index (χ0) is 15.2. The van der Waals surface area contributed by atoms with E-state index < -0.39 is 0 Å². The highest BCUT2D eigenvalue weighted by molar-refractivity contribution is 5.96. The second-order valence-corrected chi connectivity index (χ2v) is 5.58. The number of benzene rings is 1. The predicted octanol–water partition coefficient (Wildman–Crippen LogP) is 1.04. The molecule has 0 aliphatic heterocycles. The molecule has 1 aromatic rings. The van der Waals surface area contributed by atoms with Gasteiger partial charge >= 0.3 is 0 Å². The first kappa shape index (κ1) is 15.5. The van der Waals surface area contributed by atoms with Crippen molar-refractivity contribution in [3.63, 3.8) is 0 Å². The standard InChI is InChI=1S/C16H22N2O3/c1-18(11-13-8-5-9-14(13)19)15(20)10-17-16(21)12-6-3-2-4-7-12/h2-4,6-7,13-14,19H,5,8-11H2,1H3,(H,17,21). The average Bonchev–Trinajstić information content (AvgIpc) is 2.90. The summed E-state index contributed by atoms with van der Waals surface area (Å²) in [5.74, 6) is -0.236. The fraction of sp³-hybridized carbons (Fsp3) is 0.500. The van der Waals surface area contributed by atoms with E-state index in [1.54, 1.807) is 36.2 Å². The van der Waals surface area contributed by atoms with Gasteiger partial charge in [0.25, 0.3) is 5.91 Å². The molecule has 21 heavy (non-hydrogen) atoms. The highest BCUT2D eigenvalue weighted by Crippen LogP contribution is 2.25. The number of amides is 2. The maximum absolute atomic E-state index is 12.0. The topological polar surface area (TPSA) is 69.6 Å². The molecule has 2 amide bonds. The molecule has 0 bridgehead atoms. The predicted molar refractivity (Wildman–Crippen MR) is 79.8 cm³/mol. The van der Waals surface area contributed by atoms with Crippen LogP contribution in [0.1, 0.15) is 29.6 Å². The van der Waals surface area contributed by atoms with Gasteiger partial charge in [-0.25, -0.2) is 0 Å². The Morgan fingerprint density at radius 3 is 2.62 bits per heavy atom. The first-order valence-electron chi connectivity index (χ1n) is 7.33. The van der Waals surface area contributed by atoms with Crippen LogP contribution in [0.5, 0.6) is 0 Å². The molecule has 114 valence electrons. The highest BCUT2D eigenvalue weighted by atomic mass is 16.3. The number of carbonyl (C=O) groups is 2. The molecule has 0 spiro atoms. The van der Waals surface area contributed by atoms with E-state index in [1.807, 2.05) is 6.07 Å². The molecule has 2 N–H and O–H groups in total. The van der Waals surface area contributed by atoms with E-state index in [-0.39, 0.29) is 30.4 Å². The van der Waals surface area contributed by atoms with Crippen molar-refractivity contribution >= 4 is 11.8 Å². The smallest absolute Gasteiger partial charge is 0.251 e. The van der Waals surface area contributed by atoms with Crippen LogP contribution in [0.3, 0.4) is 0 Å². The van der Waals surface area contributed by atoms with Crippen LogP contribution in [0.2, 0.25) is 0 Å². The summed E-state index contributed by atoms with van der Waals surface area (Å²) in [6.45, 7) is 0.522. The highest BCUT2D eigenvalue weighted by Gasteiger charge is 2.27. The Hall–Kier alpha value is -1.88. The van der Waals surface area contributed by atoms with Gasteiger partial charge in [0.15, 0.2) is 0 Å². The number of hydrogen-bond donors (Lipinski definition) is 2. The fourth-order valence-corrected chi connectivity index (χ4v) is 2.67. The summed E-state index contributed by atoms with van der Waals surface area (Å²) in [4.78, 5) is 25.4. The van der Waals surface area contributed by atoms with Crippen LogP contribution >= 0.6 is 0 Å². The summed E-state index contributed by atoms with van der Waals surface area (Å²) in [5.41, 5.74) is 0.541. The van der Waals surface area contributed by atoms with Gasteiger partial charge in [-0.2, -0.15) is 0 Å². The van der Waals surface area contributed by atoms with Crippen molar-refractivity contribution in [2.24, 2.45) is 5.92 Å². The van der Waals surface area contributed by atoms with Crippen LogP contribution in [-0.2, 0) is 4.79 Å². The normalized spacial score (nSPS) is 21.0. The molecule has 2 atom stereocenters. The van der Waals surface area contributed by atoms with E-state index >= 15 is 0 Å². The second kappa shape index (κ2) is 7.22. The van der Waals surface area contributed by atoms with Gasteiger partial charge in [-0.1, -0.05) is 24.6 Å². The Balaban J connectivity index is 1.77. The Labute approximate surface area is 125 Å². The van der Waals surface area contributed by atoms with Crippen molar-refractivity contribution < 1.29 is 14.7 Å². The van der Waals surface area contributed by atoms with Crippen molar-refractivity contribution in [1.29, 1.82) is 0 Å². The molecular formula is C16H22N2O3. The lowest BCUT2D eigenvalue weighted by Gasteiger charge is -2.23. The van der Waals surface area contributed by atoms with Gasteiger partial charge in [-0.15, -0.1) is 0 Å². The maximum atomic E-state index is 12.0. The number of carbonyl (C=O) groups excluding carboxylic acids is 2. The van der Waals surface area contributed by atoms with Crippen LogP contribution in [0.4, 0.5) is 0 Å². The number of hydrogen-bond acceptors (Lipinski definition) is 3. The van der Waals surface area contributed by atoms with Gasteiger partial charge in [0, 0.05) is 25.1 Å². The molecule has 0 aromatic heterocycles. The number of nitrogens with zero attached hydrogens (tertiary/aromatic N) is 1. The number of rotatable bonds is 5. The van der Waals surface area contributed by atoms with Crippen molar-refractivity contribution in [3.05, 3.63) is 35.9 Å². The summed E-state index contributed by atoms with van der Waals surface area (Å²) >= 11 is 0. The van der Waals surface area contributed by atoms with E-state index in [4.69, 9.17) is 0 Å². The molecule has 2 rings (SSSR count). The summed E-state index contributed by atoms with van der Waals surface area (Å²) in [6, 6.07) is 8.81. The lowest BCUT2D eigenvalue weighted by atomic mass is 10.1. The van der Waals surface area contributed by atoms with Crippen molar-refractivity contribution in [1.82, 2.24) is 10.2 Å². The quantitative estimate of drug-likeness (QED) is 0.851. The average molecular weight is 290 g/mol. The van der Waals surface area contributed by atoms with Crippen molar-refractivity contribution in [3.8, 4) is 0 Å². The molecule has 0 radical (unpaired) electrons. The first-order valence-corrected chi connectivity index (χ1v) is 7.33. The van der Waals surface area contributed by atoms with Crippen LogP contribution in [-0.4, -0.2) is 48.1 Å². The van der Waals surface area contributed by atoms with Gasteiger partial charge < -0.3 is 15.3 Å². The van der Waals surface area contributed by atoms with Crippen LogP contribution in [0, 0.1) is 5.92 Å². The Morgan fingerprint density at radius 1 is 1.29 bits per heavy atom. The number of likely N-dealkylation sites (N-methyl/N-ethyl adjacent to an activating group) is 1. The molecule has 1 aliphatic carbocycles. The van der Waals surface area contributed by atoms with E-state index in [9.17, 15) is 14.7 Å². The Morgan fingerprint density at radius 2 is 2.00 bits per heavy atom. The van der Waals surface area contributed by atoms with Gasteiger partial charge in [0.1, 0.15) is 0 Å². The third-order valence-electron chi connectivity index (χ3n) is 3.99. The second-order valence-electron chi connectivity index (χ2n) is 5.58. The molecule has 1 aromatic carbocycles. The van der Waals surface area contributed by atoms with Gasteiger partial charge in [-0.05, 0) is 25.0 Å². The SMILES string of the molecule is CN(CC1CCCC1O)C(=O)CNC(=O)c1ccccc1. The van der Waals surface area contributed by atoms with Crippen LogP contribution in [0.25, 0.3) is 0 Å². The number of aliphatic hydroxyl groups is 1. The van der Waals surface area contributed by atoms with Crippen molar-refractivity contribution in [2.75, 3.05) is 20.1 Å². The van der Waals surface area contributed by atoms with Crippen molar-refractivity contribution in [2.45, 2.75) is 25.4 Å². The lowest BCUT2D eigenvalue weighted by molar-refractivity contribution is -0.129. The van der Waals surface area contributed by atoms with E-state index in [0.717, 1.165) is 19.3 Å². The summed E-state index contributed by atoms with van der Waals surface area (Å²) in [6.07, 6.45) is 2.48. The van der Waals surface area contributed by atoms with Gasteiger partial charge in [0.2, 0.25) is 5.91 Å². The molecule has 1 saturated carbocycles. The largest absolute Gasteiger partial charge is 0.393 e. The molecule has 1 aliphatic rings. The molecule has 2 unspecified atom stereocenters. The minimum atomic E-state index is -0.306. The minimum absolute atomic E-state index is 0.0208. The van der Waals surface area contributed by atoms with E-state index in [1.165, 1.54) is 0 Å². The lowest BCUT2D eigenvalue weighted by Crippen LogP contribution is -2.41. The van der Waals surface area contributed by atoms with Gasteiger partial charge in [-0.3, -0.25) is 9.59 Å². The third-order valence-corrected chi connectivity index (χ3v) is 3.99. The molecule has 0 heterocycles. The number of nitrogens with one attached hydrogen (secondary N) is 1. The zero-order valence-corrected chi connectivity index (χ0v) is 12.3. The summed E-state index contributed by atoms with van der Waals surface area (Å²) < 4.78 is 0.